The number of hydrogen-bond acceptors (Lipinski definition) is 4. The van der Waals surface area contributed by atoms with E-state index in [0.717, 1.165) is 0 Å². The third kappa shape index (κ3) is 3.14. The molecular weight excluding hydrogens is 262 g/mol. The average molecular weight is 275 g/mol. The van der Waals surface area contributed by atoms with Gasteiger partial charge in [-0.1, -0.05) is 12.1 Å². The lowest BCUT2D eigenvalue weighted by atomic mass is 10.2. The molecule has 7 nitrogen and oxygen atoms in total. The van der Waals surface area contributed by atoms with Crippen molar-refractivity contribution in [3.63, 3.8) is 0 Å². The lowest BCUT2D eigenvalue weighted by molar-refractivity contribution is -0.383. The van der Waals surface area contributed by atoms with Gasteiger partial charge in [0.1, 0.15) is 11.4 Å². The molecule has 0 spiro atoms. The Morgan fingerprint density at radius 2 is 2.05 bits per heavy atom. The third-order valence-electron chi connectivity index (χ3n) is 2.67. The van der Waals surface area contributed by atoms with E-state index in [0.29, 0.717) is 5.76 Å². The van der Waals surface area contributed by atoms with E-state index in [2.05, 4.69) is 10.6 Å². The molecule has 0 aliphatic rings. The highest BCUT2D eigenvalue weighted by Gasteiger charge is 2.16. The number of benzene rings is 1. The van der Waals surface area contributed by atoms with Gasteiger partial charge in [-0.05, 0) is 25.1 Å². The van der Waals surface area contributed by atoms with Gasteiger partial charge in [0, 0.05) is 6.07 Å². The van der Waals surface area contributed by atoms with Crippen LogP contribution in [0.15, 0.2) is 47.1 Å². The van der Waals surface area contributed by atoms with Crippen LogP contribution in [0.3, 0.4) is 0 Å². The summed E-state index contributed by atoms with van der Waals surface area (Å²) in [4.78, 5) is 22.1. The number of carbonyl (C=O) groups is 1. The van der Waals surface area contributed by atoms with Crippen molar-refractivity contribution in [1.29, 1.82) is 0 Å². The zero-order chi connectivity index (χ0) is 14.5. The van der Waals surface area contributed by atoms with Crippen LogP contribution in [0.4, 0.5) is 16.2 Å². The van der Waals surface area contributed by atoms with Crippen LogP contribution in [0.1, 0.15) is 18.7 Å². The normalized spacial score (nSPS) is 11.7. The zero-order valence-electron chi connectivity index (χ0n) is 10.7. The predicted molar refractivity (Wildman–Crippen MR) is 72.4 cm³/mol. The molecule has 0 radical (unpaired) electrons. The molecule has 0 aliphatic heterocycles. The minimum atomic E-state index is -0.550. The molecule has 2 rings (SSSR count). The van der Waals surface area contributed by atoms with Crippen LogP contribution in [0, 0.1) is 10.1 Å². The number of para-hydroxylation sites is 2. The number of rotatable bonds is 4. The molecule has 1 heterocycles. The van der Waals surface area contributed by atoms with Crippen molar-refractivity contribution < 1.29 is 14.1 Å². The number of urea groups is 1. The lowest BCUT2D eigenvalue weighted by Crippen LogP contribution is -2.31. The molecule has 2 N–H and O–H groups in total. The molecule has 104 valence electrons. The fraction of sp³-hybridized carbons (Fsp3) is 0.154. The Balaban J connectivity index is 2.03. The van der Waals surface area contributed by atoms with E-state index in [1.807, 2.05) is 0 Å². The fourth-order valence-electron chi connectivity index (χ4n) is 1.70. The molecule has 20 heavy (non-hydrogen) atoms. The highest BCUT2D eigenvalue weighted by Crippen LogP contribution is 2.23. The summed E-state index contributed by atoms with van der Waals surface area (Å²) in [6.45, 7) is 1.75. The molecule has 0 saturated heterocycles. The first-order chi connectivity index (χ1) is 9.58. The number of nitro benzene ring substituents is 1. The second-order valence-electron chi connectivity index (χ2n) is 4.11. The second-order valence-corrected chi connectivity index (χ2v) is 4.11. The zero-order valence-corrected chi connectivity index (χ0v) is 10.7. The van der Waals surface area contributed by atoms with Crippen LogP contribution in [-0.4, -0.2) is 11.0 Å². The first-order valence-electron chi connectivity index (χ1n) is 5.92. The molecular formula is C13H13N3O4. The summed E-state index contributed by atoms with van der Waals surface area (Å²) >= 11 is 0. The van der Waals surface area contributed by atoms with E-state index in [4.69, 9.17) is 4.42 Å². The van der Waals surface area contributed by atoms with Gasteiger partial charge < -0.3 is 15.1 Å². The number of nitrogens with zero attached hydrogens (tertiary/aromatic N) is 1. The van der Waals surface area contributed by atoms with Gasteiger partial charge in [0.25, 0.3) is 5.69 Å². The van der Waals surface area contributed by atoms with E-state index in [1.165, 1.54) is 24.5 Å². The van der Waals surface area contributed by atoms with Crippen molar-refractivity contribution in [1.82, 2.24) is 5.32 Å². The second kappa shape index (κ2) is 5.87. The summed E-state index contributed by atoms with van der Waals surface area (Å²) in [5.74, 6) is 0.600. The topological polar surface area (TPSA) is 97.4 Å². The molecule has 1 aromatic heterocycles. The van der Waals surface area contributed by atoms with E-state index >= 15 is 0 Å². The molecule has 0 aliphatic carbocycles. The lowest BCUT2D eigenvalue weighted by Gasteiger charge is -2.12. The van der Waals surface area contributed by atoms with Crippen LogP contribution < -0.4 is 10.6 Å². The monoisotopic (exact) mass is 275 g/mol. The van der Waals surface area contributed by atoms with Crippen LogP contribution in [-0.2, 0) is 0 Å². The molecule has 2 aromatic rings. The van der Waals surface area contributed by atoms with Gasteiger partial charge in [0.05, 0.1) is 17.2 Å². The first-order valence-corrected chi connectivity index (χ1v) is 5.92. The molecule has 1 unspecified atom stereocenters. The Kier molecular flexibility index (Phi) is 3.99. The molecule has 2 amide bonds. The quantitative estimate of drug-likeness (QED) is 0.661. The van der Waals surface area contributed by atoms with Crippen LogP contribution >= 0.6 is 0 Å². The van der Waals surface area contributed by atoms with E-state index in [1.54, 1.807) is 25.1 Å². The maximum Gasteiger partial charge on any atom is 0.320 e. The van der Waals surface area contributed by atoms with Crippen molar-refractivity contribution in [3.8, 4) is 0 Å². The molecule has 1 aromatic carbocycles. The number of anilines is 1. The SMILES string of the molecule is CC(NC(=O)Nc1ccccc1[N+](=O)[O-])c1ccco1. The highest BCUT2D eigenvalue weighted by atomic mass is 16.6. The van der Waals surface area contributed by atoms with Gasteiger partial charge in [-0.15, -0.1) is 0 Å². The number of carbonyl (C=O) groups excluding carboxylic acids is 1. The van der Waals surface area contributed by atoms with Crippen LogP contribution in [0.25, 0.3) is 0 Å². The van der Waals surface area contributed by atoms with Gasteiger partial charge >= 0.3 is 6.03 Å². The van der Waals surface area contributed by atoms with Crippen molar-refractivity contribution in [2.24, 2.45) is 0 Å². The Morgan fingerprint density at radius 1 is 1.30 bits per heavy atom. The van der Waals surface area contributed by atoms with Crippen molar-refractivity contribution in [2.45, 2.75) is 13.0 Å². The van der Waals surface area contributed by atoms with Gasteiger partial charge in [-0.25, -0.2) is 4.79 Å². The fourth-order valence-corrected chi connectivity index (χ4v) is 1.70. The Hall–Kier alpha value is -2.83. The summed E-state index contributed by atoms with van der Waals surface area (Å²) in [5.41, 5.74) is -0.0186. The van der Waals surface area contributed by atoms with Gasteiger partial charge in [0.2, 0.25) is 0 Å². The summed E-state index contributed by atoms with van der Waals surface area (Å²) in [5, 5.41) is 15.9. The molecule has 1 atom stereocenters. The summed E-state index contributed by atoms with van der Waals surface area (Å²) < 4.78 is 5.16. The average Bonchev–Trinajstić information content (AvgIpc) is 2.92. The summed E-state index contributed by atoms with van der Waals surface area (Å²) in [6.07, 6.45) is 1.51. The molecule has 7 heteroatoms. The van der Waals surface area contributed by atoms with Gasteiger partial charge in [0.15, 0.2) is 0 Å². The van der Waals surface area contributed by atoms with Crippen LogP contribution in [0.2, 0.25) is 0 Å². The van der Waals surface area contributed by atoms with Gasteiger partial charge in [-0.3, -0.25) is 10.1 Å². The Bertz CT molecular complexity index is 610. The standard InChI is InChI=1S/C13H13N3O4/c1-9(12-7-4-8-20-12)14-13(17)15-10-5-2-3-6-11(10)16(18)19/h2-9H,1H3,(H2,14,15,17). The van der Waals surface area contributed by atoms with Gasteiger partial charge in [-0.2, -0.15) is 0 Å². The van der Waals surface area contributed by atoms with E-state index in [9.17, 15) is 14.9 Å². The predicted octanol–water partition coefficient (Wildman–Crippen LogP) is 3.07. The molecule has 0 saturated carbocycles. The molecule has 0 fully saturated rings. The minimum absolute atomic E-state index is 0.140. The summed E-state index contributed by atoms with van der Waals surface area (Å²) in [6, 6.07) is 8.51. The number of furan rings is 1. The number of hydrogen-bond donors (Lipinski definition) is 2. The van der Waals surface area contributed by atoms with Crippen molar-refractivity contribution >= 4 is 17.4 Å². The highest BCUT2D eigenvalue weighted by molar-refractivity contribution is 5.91. The number of amides is 2. The number of nitro groups is 1. The van der Waals surface area contributed by atoms with Crippen molar-refractivity contribution in [3.05, 3.63) is 58.5 Å². The van der Waals surface area contributed by atoms with E-state index in [-0.39, 0.29) is 17.4 Å². The van der Waals surface area contributed by atoms with Crippen molar-refractivity contribution in [2.75, 3.05) is 5.32 Å². The third-order valence-corrected chi connectivity index (χ3v) is 2.67. The van der Waals surface area contributed by atoms with E-state index < -0.39 is 11.0 Å². The Labute approximate surface area is 114 Å². The smallest absolute Gasteiger partial charge is 0.320 e. The molecule has 0 bridgehead atoms. The van der Waals surface area contributed by atoms with Crippen LogP contribution in [0.5, 0.6) is 0 Å². The first kappa shape index (κ1) is 13.6. The minimum Gasteiger partial charge on any atom is -0.467 e. The summed E-state index contributed by atoms with van der Waals surface area (Å²) in [7, 11) is 0. The maximum absolute atomic E-state index is 11.8. The maximum atomic E-state index is 11.8. The number of nitrogens with one attached hydrogen (secondary N) is 2. The Morgan fingerprint density at radius 3 is 2.70 bits per heavy atom. The largest absolute Gasteiger partial charge is 0.467 e.